The molecule has 0 aromatic heterocycles. The molecule has 6 heteroatoms. The zero-order chi connectivity index (χ0) is 15.5. The van der Waals surface area contributed by atoms with Gasteiger partial charge in [-0.2, -0.15) is 0 Å². The van der Waals surface area contributed by atoms with Gasteiger partial charge in [-0.05, 0) is 24.5 Å². The summed E-state index contributed by atoms with van der Waals surface area (Å²) in [6.45, 7) is 5.83. The van der Waals surface area contributed by atoms with E-state index in [0.717, 1.165) is 6.42 Å². The first kappa shape index (κ1) is 17.6. The smallest absolute Gasteiger partial charge is 0.336 e. The number of hydrogen-bond donors (Lipinski definition) is 1. The van der Waals surface area contributed by atoms with E-state index in [-0.39, 0.29) is 16.4 Å². The van der Waals surface area contributed by atoms with E-state index in [1.807, 2.05) is 20.8 Å². The van der Waals surface area contributed by atoms with Crippen LogP contribution in [0.25, 0.3) is 0 Å². The van der Waals surface area contributed by atoms with Crippen LogP contribution >= 0.6 is 35.0 Å². The molecule has 1 N–H and O–H groups in total. The summed E-state index contributed by atoms with van der Waals surface area (Å²) in [4.78, 5) is 11.8. The SMILES string of the molecule is CCc1c(C(=O)O)ccc(C(F)(Cl)Cl)c1S[C@@H](C)CC. The van der Waals surface area contributed by atoms with E-state index in [0.29, 0.717) is 16.9 Å². The number of hydrogen-bond acceptors (Lipinski definition) is 2. The van der Waals surface area contributed by atoms with E-state index in [4.69, 9.17) is 23.2 Å². The predicted molar refractivity (Wildman–Crippen MR) is 82.9 cm³/mol. The van der Waals surface area contributed by atoms with Gasteiger partial charge in [0.05, 0.1) is 5.56 Å². The Balaban J connectivity index is 3.51. The number of alkyl halides is 3. The molecule has 0 aliphatic rings. The number of benzene rings is 1. The topological polar surface area (TPSA) is 37.3 Å². The monoisotopic (exact) mass is 338 g/mol. The van der Waals surface area contributed by atoms with Crippen LogP contribution in [0.5, 0.6) is 0 Å². The first-order chi connectivity index (χ1) is 9.22. The summed E-state index contributed by atoms with van der Waals surface area (Å²) < 4.78 is 11.4. The van der Waals surface area contributed by atoms with Crippen LogP contribution in [0.15, 0.2) is 17.0 Å². The molecule has 20 heavy (non-hydrogen) atoms. The second-order valence-corrected chi connectivity index (χ2v) is 7.15. The maximum absolute atomic E-state index is 14.0. The molecule has 0 saturated heterocycles. The molecule has 0 amide bonds. The summed E-state index contributed by atoms with van der Waals surface area (Å²) in [7, 11) is 0. The third-order valence-corrected chi connectivity index (χ3v) is 4.89. The average molecular weight is 339 g/mol. The van der Waals surface area contributed by atoms with Gasteiger partial charge in [0.15, 0.2) is 0 Å². The first-order valence-electron chi connectivity index (χ1n) is 6.35. The highest BCUT2D eigenvalue weighted by Gasteiger charge is 2.31. The van der Waals surface area contributed by atoms with Crippen molar-refractivity contribution in [2.75, 3.05) is 0 Å². The van der Waals surface area contributed by atoms with Crippen LogP contribution in [0.4, 0.5) is 4.39 Å². The molecule has 112 valence electrons. The number of carbonyl (C=O) groups is 1. The van der Waals surface area contributed by atoms with Crippen molar-refractivity contribution >= 4 is 40.9 Å². The number of carboxylic acids is 1. The number of halogens is 3. The third kappa shape index (κ3) is 4.03. The summed E-state index contributed by atoms with van der Waals surface area (Å²) in [6.07, 6.45) is 1.34. The molecule has 0 spiro atoms. The van der Waals surface area contributed by atoms with Crippen molar-refractivity contribution < 1.29 is 14.3 Å². The van der Waals surface area contributed by atoms with Gasteiger partial charge in [-0.15, -0.1) is 11.8 Å². The maximum Gasteiger partial charge on any atom is 0.336 e. The molecule has 1 atom stereocenters. The predicted octanol–water partition coefficient (Wildman–Crippen LogP) is 5.40. The molecular weight excluding hydrogens is 322 g/mol. The van der Waals surface area contributed by atoms with Gasteiger partial charge in [0.1, 0.15) is 0 Å². The largest absolute Gasteiger partial charge is 0.478 e. The van der Waals surface area contributed by atoms with E-state index >= 15 is 0 Å². The zero-order valence-corrected chi connectivity index (χ0v) is 13.9. The molecule has 1 aromatic rings. The summed E-state index contributed by atoms with van der Waals surface area (Å²) >= 11 is 12.6. The van der Waals surface area contributed by atoms with Crippen LogP contribution in [0.2, 0.25) is 0 Å². The highest BCUT2D eigenvalue weighted by atomic mass is 35.5. The van der Waals surface area contributed by atoms with Gasteiger partial charge in [0.2, 0.25) is 0 Å². The van der Waals surface area contributed by atoms with Crippen LogP contribution in [0.3, 0.4) is 0 Å². The molecule has 0 bridgehead atoms. The Morgan fingerprint density at radius 1 is 1.45 bits per heavy atom. The molecule has 0 aliphatic carbocycles. The molecule has 2 nitrogen and oxygen atoms in total. The normalized spacial score (nSPS) is 13.3. The van der Waals surface area contributed by atoms with Gasteiger partial charge < -0.3 is 5.11 Å². The molecule has 0 aliphatic heterocycles. The van der Waals surface area contributed by atoms with Gasteiger partial charge >= 0.3 is 5.97 Å². The Kier molecular flexibility index (Phi) is 6.17. The highest BCUT2D eigenvalue weighted by Crippen LogP contribution is 2.44. The van der Waals surface area contributed by atoms with Crippen LogP contribution in [0, 0.1) is 0 Å². The fraction of sp³-hybridized carbons (Fsp3) is 0.500. The van der Waals surface area contributed by atoms with Gasteiger partial charge in [0, 0.05) is 15.7 Å². The van der Waals surface area contributed by atoms with Gasteiger partial charge in [0.25, 0.3) is 4.59 Å². The van der Waals surface area contributed by atoms with E-state index in [2.05, 4.69) is 0 Å². The van der Waals surface area contributed by atoms with E-state index in [1.165, 1.54) is 23.9 Å². The second kappa shape index (κ2) is 7.01. The lowest BCUT2D eigenvalue weighted by Gasteiger charge is -2.21. The molecule has 1 aromatic carbocycles. The van der Waals surface area contributed by atoms with Crippen LogP contribution in [0.1, 0.15) is 48.7 Å². The molecular formula is C14H17Cl2FO2S. The Hall–Kier alpha value is -0.450. The zero-order valence-electron chi connectivity index (χ0n) is 11.5. The Bertz CT molecular complexity index is 501. The van der Waals surface area contributed by atoms with Crippen LogP contribution < -0.4 is 0 Å². The Morgan fingerprint density at radius 2 is 2.05 bits per heavy atom. The fourth-order valence-electron chi connectivity index (χ4n) is 1.82. The van der Waals surface area contributed by atoms with E-state index in [1.54, 1.807) is 0 Å². The average Bonchev–Trinajstić information content (AvgIpc) is 2.36. The van der Waals surface area contributed by atoms with Gasteiger partial charge in [-0.3, -0.25) is 0 Å². The minimum absolute atomic E-state index is 0.119. The lowest BCUT2D eigenvalue weighted by Crippen LogP contribution is -2.12. The van der Waals surface area contributed by atoms with Crippen molar-refractivity contribution in [3.8, 4) is 0 Å². The number of carboxylic acid groups (broad SMARTS) is 1. The van der Waals surface area contributed by atoms with Gasteiger partial charge in [-0.25, -0.2) is 9.18 Å². The van der Waals surface area contributed by atoms with Crippen molar-refractivity contribution in [1.29, 1.82) is 0 Å². The molecule has 0 heterocycles. The van der Waals surface area contributed by atoms with E-state index < -0.39 is 10.6 Å². The standard InChI is InChI=1S/C14H17Cl2FO2S/c1-4-8(3)20-12-9(5-2)10(13(18)19)6-7-11(12)14(15,16)17/h6-8H,4-5H2,1-3H3,(H,18,19)/t8-/m0/s1. The first-order valence-corrected chi connectivity index (χ1v) is 7.98. The summed E-state index contributed by atoms with van der Waals surface area (Å²) in [5.74, 6) is -1.03. The number of rotatable bonds is 6. The second-order valence-electron chi connectivity index (χ2n) is 4.46. The van der Waals surface area contributed by atoms with Crippen molar-refractivity contribution in [2.24, 2.45) is 0 Å². The molecule has 0 saturated carbocycles. The summed E-state index contributed by atoms with van der Waals surface area (Å²) in [5, 5.41) is 9.44. The lowest BCUT2D eigenvalue weighted by molar-refractivity contribution is 0.0695. The Labute approximate surface area is 132 Å². The van der Waals surface area contributed by atoms with Crippen molar-refractivity contribution in [2.45, 2.75) is 48.3 Å². The quantitative estimate of drug-likeness (QED) is 0.557. The molecule has 1 rings (SSSR count). The van der Waals surface area contributed by atoms with Crippen molar-refractivity contribution in [3.63, 3.8) is 0 Å². The maximum atomic E-state index is 14.0. The van der Waals surface area contributed by atoms with E-state index in [9.17, 15) is 14.3 Å². The van der Waals surface area contributed by atoms with Crippen LogP contribution in [-0.2, 0) is 11.0 Å². The summed E-state index contributed by atoms with van der Waals surface area (Å²) in [6, 6.07) is 2.71. The lowest BCUT2D eigenvalue weighted by atomic mass is 10.0. The third-order valence-electron chi connectivity index (χ3n) is 3.04. The number of thioether (sulfide) groups is 1. The molecule has 0 fully saturated rings. The summed E-state index contributed by atoms with van der Waals surface area (Å²) in [5.41, 5.74) is 0.858. The Morgan fingerprint density at radius 3 is 2.45 bits per heavy atom. The highest BCUT2D eigenvalue weighted by molar-refractivity contribution is 8.00. The fourth-order valence-corrected chi connectivity index (χ4v) is 3.55. The molecule has 0 unspecified atom stereocenters. The van der Waals surface area contributed by atoms with Gasteiger partial charge in [-0.1, -0.05) is 50.0 Å². The minimum atomic E-state index is -2.53. The minimum Gasteiger partial charge on any atom is -0.478 e. The van der Waals surface area contributed by atoms with Crippen molar-refractivity contribution in [3.05, 3.63) is 28.8 Å². The number of aromatic carboxylic acids is 1. The molecule has 0 radical (unpaired) electrons. The van der Waals surface area contributed by atoms with Crippen molar-refractivity contribution in [1.82, 2.24) is 0 Å². The van der Waals surface area contributed by atoms with Crippen LogP contribution in [-0.4, -0.2) is 16.3 Å².